The summed E-state index contributed by atoms with van der Waals surface area (Å²) in [5.41, 5.74) is 3.91. The highest BCUT2D eigenvalue weighted by Crippen LogP contribution is 2.12. The largest absolute Gasteiger partial charge is 0.480 e. The van der Waals surface area contributed by atoms with Crippen molar-refractivity contribution in [3.63, 3.8) is 0 Å². The Labute approximate surface area is 136 Å². The van der Waals surface area contributed by atoms with Crippen molar-refractivity contribution >= 4 is 11.9 Å². The maximum absolute atomic E-state index is 12.2. The van der Waals surface area contributed by atoms with Gasteiger partial charge in [-0.05, 0) is 30.5 Å². The second kappa shape index (κ2) is 7.58. The summed E-state index contributed by atoms with van der Waals surface area (Å²) in [6, 6.07) is 14.3. The zero-order valence-corrected chi connectivity index (χ0v) is 13.4. The summed E-state index contributed by atoms with van der Waals surface area (Å²) in [6.45, 7) is 3.91. The number of hydrogen-bond donors (Lipinski definition) is 2. The number of carbonyl (C=O) groups excluding carboxylic acids is 1. The Hall–Kier alpha value is -2.62. The van der Waals surface area contributed by atoms with Gasteiger partial charge in [-0.2, -0.15) is 0 Å². The molecule has 23 heavy (non-hydrogen) atoms. The normalized spacial score (nSPS) is 11.7. The Kier molecular flexibility index (Phi) is 5.52. The number of rotatable bonds is 6. The Bertz CT molecular complexity index is 695. The van der Waals surface area contributed by atoms with Crippen LogP contribution >= 0.6 is 0 Å². The molecule has 0 spiro atoms. The van der Waals surface area contributed by atoms with Gasteiger partial charge in [-0.15, -0.1) is 0 Å². The molecule has 0 bridgehead atoms. The number of benzene rings is 2. The molecule has 0 aromatic heterocycles. The van der Waals surface area contributed by atoms with Gasteiger partial charge >= 0.3 is 5.97 Å². The van der Waals surface area contributed by atoms with Gasteiger partial charge in [-0.3, -0.25) is 4.79 Å². The first-order valence-electron chi connectivity index (χ1n) is 7.58. The summed E-state index contributed by atoms with van der Waals surface area (Å²) < 4.78 is 0. The molecule has 0 heterocycles. The third-order valence-corrected chi connectivity index (χ3v) is 3.77. The lowest BCUT2D eigenvalue weighted by molar-refractivity contribution is -0.141. The van der Waals surface area contributed by atoms with Crippen LogP contribution in [0.1, 0.15) is 22.3 Å². The van der Waals surface area contributed by atoms with Crippen LogP contribution in [0.4, 0.5) is 0 Å². The van der Waals surface area contributed by atoms with Gasteiger partial charge < -0.3 is 10.4 Å². The van der Waals surface area contributed by atoms with Crippen LogP contribution in [0.25, 0.3) is 0 Å². The van der Waals surface area contributed by atoms with Crippen molar-refractivity contribution in [1.29, 1.82) is 0 Å². The first-order chi connectivity index (χ1) is 11.0. The fourth-order valence-electron chi connectivity index (χ4n) is 2.46. The molecule has 0 aliphatic carbocycles. The first-order valence-corrected chi connectivity index (χ1v) is 7.58. The van der Waals surface area contributed by atoms with Crippen molar-refractivity contribution in [2.45, 2.75) is 32.7 Å². The van der Waals surface area contributed by atoms with Gasteiger partial charge in [-0.25, -0.2) is 4.79 Å². The molecule has 4 nitrogen and oxygen atoms in total. The van der Waals surface area contributed by atoms with Crippen LogP contribution in [0, 0.1) is 13.8 Å². The summed E-state index contributed by atoms with van der Waals surface area (Å²) in [6.07, 6.45) is 0.459. The number of amides is 1. The fraction of sp³-hybridized carbons (Fsp3) is 0.263. The van der Waals surface area contributed by atoms with Crippen LogP contribution in [0.5, 0.6) is 0 Å². The topological polar surface area (TPSA) is 66.4 Å². The predicted molar refractivity (Wildman–Crippen MR) is 89.3 cm³/mol. The van der Waals surface area contributed by atoms with Crippen molar-refractivity contribution in [3.8, 4) is 0 Å². The van der Waals surface area contributed by atoms with Crippen LogP contribution in [-0.2, 0) is 22.4 Å². The van der Waals surface area contributed by atoms with Crippen LogP contribution in [0.2, 0.25) is 0 Å². The quantitative estimate of drug-likeness (QED) is 0.862. The second-order valence-corrected chi connectivity index (χ2v) is 5.75. The zero-order chi connectivity index (χ0) is 16.8. The van der Waals surface area contributed by atoms with Gasteiger partial charge in [0.1, 0.15) is 6.04 Å². The second-order valence-electron chi connectivity index (χ2n) is 5.75. The van der Waals surface area contributed by atoms with E-state index in [0.717, 1.165) is 22.3 Å². The number of carbonyl (C=O) groups is 2. The molecule has 4 heteroatoms. The molecule has 1 unspecified atom stereocenters. The van der Waals surface area contributed by atoms with Crippen molar-refractivity contribution in [2.24, 2.45) is 0 Å². The molecule has 0 aliphatic heterocycles. The maximum atomic E-state index is 12.2. The SMILES string of the molecule is Cc1ccc(C)c(CC(=O)NC(Cc2ccccc2)C(=O)O)c1. The van der Waals surface area contributed by atoms with E-state index in [0.29, 0.717) is 0 Å². The average Bonchev–Trinajstić information content (AvgIpc) is 2.51. The highest BCUT2D eigenvalue weighted by molar-refractivity contribution is 5.85. The number of carboxylic acids is 1. The summed E-state index contributed by atoms with van der Waals surface area (Å²) in [4.78, 5) is 23.6. The molecule has 2 aromatic carbocycles. The van der Waals surface area contributed by atoms with Crippen molar-refractivity contribution in [3.05, 3.63) is 70.8 Å². The van der Waals surface area contributed by atoms with E-state index in [1.54, 1.807) is 0 Å². The van der Waals surface area contributed by atoms with E-state index in [4.69, 9.17) is 0 Å². The molecular weight excluding hydrogens is 290 g/mol. The molecule has 0 saturated heterocycles. The van der Waals surface area contributed by atoms with Gasteiger partial charge in [0.25, 0.3) is 0 Å². The maximum Gasteiger partial charge on any atom is 0.326 e. The Balaban J connectivity index is 2.03. The molecule has 2 rings (SSSR count). The Morgan fingerprint density at radius 2 is 1.78 bits per heavy atom. The Morgan fingerprint density at radius 3 is 2.43 bits per heavy atom. The minimum absolute atomic E-state index is 0.187. The summed E-state index contributed by atoms with van der Waals surface area (Å²) in [7, 11) is 0. The van der Waals surface area contributed by atoms with Gasteiger partial charge in [0.2, 0.25) is 5.91 Å². The molecular formula is C19H21NO3. The lowest BCUT2D eigenvalue weighted by Crippen LogP contribution is -2.43. The lowest BCUT2D eigenvalue weighted by atomic mass is 10.0. The molecule has 2 N–H and O–H groups in total. The van der Waals surface area contributed by atoms with Crippen molar-refractivity contribution in [2.75, 3.05) is 0 Å². The highest BCUT2D eigenvalue weighted by Gasteiger charge is 2.20. The number of nitrogens with one attached hydrogen (secondary N) is 1. The molecule has 120 valence electrons. The number of aryl methyl sites for hydroxylation is 2. The van der Waals surface area contributed by atoms with E-state index in [1.165, 1.54) is 0 Å². The van der Waals surface area contributed by atoms with Gasteiger partial charge in [0.15, 0.2) is 0 Å². The van der Waals surface area contributed by atoms with Gasteiger partial charge in [-0.1, -0.05) is 54.1 Å². The summed E-state index contributed by atoms with van der Waals surface area (Å²) in [5, 5.41) is 12.0. The number of carboxylic acid groups (broad SMARTS) is 1. The standard InChI is InChI=1S/C19H21NO3/c1-13-8-9-14(2)16(10-13)12-18(21)20-17(19(22)23)11-15-6-4-3-5-7-15/h3-10,17H,11-12H2,1-2H3,(H,20,21)(H,22,23). The van der Waals surface area contributed by atoms with Crippen LogP contribution < -0.4 is 5.32 Å². The van der Waals surface area contributed by atoms with Crippen molar-refractivity contribution < 1.29 is 14.7 Å². The molecule has 1 amide bonds. The van der Waals surface area contributed by atoms with E-state index >= 15 is 0 Å². The smallest absolute Gasteiger partial charge is 0.326 e. The van der Waals surface area contributed by atoms with E-state index in [1.807, 2.05) is 62.4 Å². The summed E-state index contributed by atoms with van der Waals surface area (Å²) >= 11 is 0. The van der Waals surface area contributed by atoms with Crippen LogP contribution in [0.3, 0.4) is 0 Å². The molecule has 2 aromatic rings. The predicted octanol–water partition coefficient (Wildman–Crippen LogP) is 2.66. The molecule has 0 saturated carbocycles. The number of aliphatic carboxylic acids is 1. The average molecular weight is 311 g/mol. The van der Waals surface area contributed by atoms with E-state index in [2.05, 4.69) is 5.32 Å². The summed E-state index contributed by atoms with van der Waals surface area (Å²) in [5.74, 6) is -1.30. The van der Waals surface area contributed by atoms with E-state index in [-0.39, 0.29) is 18.7 Å². The monoisotopic (exact) mass is 311 g/mol. The fourth-order valence-corrected chi connectivity index (χ4v) is 2.46. The third-order valence-electron chi connectivity index (χ3n) is 3.77. The molecule has 0 fully saturated rings. The highest BCUT2D eigenvalue weighted by atomic mass is 16.4. The van der Waals surface area contributed by atoms with E-state index in [9.17, 15) is 14.7 Å². The Morgan fingerprint density at radius 1 is 1.09 bits per heavy atom. The minimum Gasteiger partial charge on any atom is -0.480 e. The zero-order valence-electron chi connectivity index (χ0n) is 13.4. The third kappa shape index (κ3) is 4.95. The lowest BCUT2D eigenvalue weighted by Gasteiger charge is -2.15. The van der Waals surface area contributed by atoms with Crippen molar-refractivity contribution in [1.82, 2.24) is 5.32 Å². The molecule has 0 aliphatic rings. The molecule has 1 atom stereocenters. The van der Waals surface area contributed by atoms with Crippen LogP contribution in [0.15, 0.2) is 48.5 Å². The van der Waals surface area contributed by atoms with Crippen LogP contribution in [-0.4, -0.2) is 23.0 Å². The van der Waals surface area contributed by atoms with E-state index < -0.39 is 12.0 Å². The number of hydrogen-bond acceptors (Lipinski definition) is 2. The van der Waals surface area contributed by atoms with Gasteiger partial charge in [0, 0.05) is 6.42 Å². The molecule has 0 radical (unpaired) electrons. The first kappa shape index (κ1) is 16.7. The minimum atomic E-state index is -1.02. The van der Waals surface area contributed by atoms with Gasteiger partial charge in [0.05, 0.1) is 6.42 Å².